The van der Waals surface area contributed by atoms with Crippen LogP contribution in [0.25, 0.3) is 11.1 Å². The Bertz CT molecular complexity index is 2270. The molecule has 2 aliphatic rings. The molecular formula is C43H40B2N3S2. The average Bonchev–Trinajstić information content (AvgIpc) is 3.11. The molecule has 0 fully saturated rings. The maximum atomic E-state index is 3.72. The largest absolute Gasteiger partial charge is 0.355 e. The third-order valence-corrected chi connectivity index (χ3v) is 12.0. The first-order valence-electron chi connectivity index (χ1n) is 17.2. The molecule has 0 unspecified atom stereocenters. The van der Waals surface area contributed by atoms with Crippen molar-refractivity contribution in [2.24, 2.45) is 0 Å². The third kappa shape index (κ3) is 5.43. The van der Waals surface area contributed by atoms with Gasteiger partial charge in [-0.3, -0.25) is 8.61 Å². The van der Waals surface area contributed by atoms with Crippen LogP contribution in [0.15, 0.2) is 109 Å². The molecule has 6 aromatic carbocycles. The highest BCUT2D eigenvalue weighted by atomic mass is 32.2. The Kier molecular flexibility index (Phi) is 8.53. The smallest absolute Gasteiger partial charge is 0.252 e. The molecule has 1 radical (unpaired) electrons. The first kappa shape index (κ1) is 32.7. The molecule has 0 saturated heterocycles. The lowest BCUT2D eigenvalue weighted by Gasteiger charge is -2.43. The van der Waals surface area contributed by atoms with Crippen LogP contribution in [-0.2, 0) is 0 Å². The minimum Gasteiger partial charge on any atom is -0.355 e. The molecule has 0 aromatic heterocycles. The van der Waals surface area contributed by atoms with E-state index < -0.39 is 0 Å². The van der Waals surface area contributed by atoms with Crippen LogP contribution in [0.5, 0.6) is 0 Å². The van der Waals surface area contributed by atoms with Crippen LogP contribution >= 0.6 is 23.9 Å². The normalized spacial score (nSPS) is 12.7. The second-order valence-electron chi connectivity index (χ2n) is 13.5. The fraction of sp³-hybridized carbons (Fsp3) is 0.163. The number of nitrogens with one attached hydrogen (secondary N) is 1. The summed E-state index contributed by atoms with van der Waals surface area (Å²) in [5.41, 5.74) is 22.9. The van der Waals surface area contributed by atoms with Gasteiger partial charge in [0.1, 0.15) is 0 Å². The lowest BCUT2D eigenvalue weighted by atomic mass is 9.33. The Morgan fingerprint density at radius 2 is 1.12 bits per heavy atom. The summed E-state index contributed by atoms with van der Waals surface area (Å²) in [5, 5.41) is 3.72. The number of anilines is 6. The molecule has 7 heteroatoms. The van der Waals surface area contributed by atoms with E-state index in [0.29, 0.717) is 0 Å². The molecule has 6 aromatic rings. The van der Waals surface area contributed by atoms with Crippen molar-refractivity contribution in [3.8, 4) is 11.1 Å². The first-order chi connectivity index (χ1) is 24.3. The lowest BCUT2D eigenvalue weighted by molar-refractivity contribution is 1.32. The van der Waals surface area contributed by atoms with E-state index in [0.717, 1.165) is 11.4 Å². The van der Waals surface area contributed by atoms with E-state index in [-0.39, 0.29) is 6.71 Å². The van der Waals surface area contributed by atoms with Crippen LogP contribution in [0.3, 0.4) is 0 Å². The quantitative estimate of drug-likeness (QED) is 0.135. The number of benzene rings is 6. The van der Waals surface area contributed by atoms with E-state index in [1.54, 1.807) is 23.9 Å². The van der Waals surface area contributed by atoms with E-state index in [4.69, 9.17) is 0 Å². The molecule has 0 bridgehead atoms. The van der Waals surface area contributed by atoms with Gasteiger partial charge < -0.3 is 5.32 Å². The van der Waals surface area contributed by atoms with Crippen molar-refractivity contribution >= 4 is 99.3 Å². The van der Waals surface area contributed by atoms with Crippen LogP contribution < -0.4 is 41.2 Å². The number of fused-ring (bicyclic) bond motifs is 4. The Labute approximate surface area is 307 Å². The number of para-hydroxylation sites is 1. The summed E-state index contributed by atoms with van der Waals surface area (Å²) in [5.74, 6) is 0. The van der Waals surface area contributed by atoms with Gasteiger partial charge in [0.05, 0.1) is 11.4 Å². The Morgan fingerprint density at radius 3 is 1.80 bits per heavy atom. The van der Waals surface area contributed by atoms with Crippen molar-refractivity contribution in [3.05, 3.63) is 137 Å². The zero-order valence-electron chi connectivity index (χ0n) is 29.8. The van der Waals surface area contributed by atoms with E-state index in [9.17, 15) is 0 Å². The lowest BCUT2D eigenvalue weighted by Crippen LogP contribution is -2.62. The van der Waals surface area contributed by atoms with Crippen molar-refractivity contribution in [2.45, 2.75) is 34.6 Å². The second kappa shape index (κ2) is 13.0. The van der Waals surface area contributed by atoms with Crippen molar-refractivity contribution < 1.29 is 0 Å². The summed E-state index contributed by atoms with van der Waals surface area (Å²) in [6.07, 6.45) is 4.39. The molecule has 0 aliphatic carbocycles. The van der Waals surface area contributed by atoms with Gasteiger partial charge >= 0.3 is 0 Å². The molecule has 0 saturated carbocycles. The van der Waals surface area contributed by atoms with Crippen LogP contribution in [-0.4, -0.2) is 26.5 Å². The standard InChI is InChI=1S/C43H40B2N3S2/c1-26-14-11-12-17-33(26)34-18-13-19-35(30(34)5)44-36-25-38-40(22-29(36)4)48(50-7)42-24-32(46-31-15-9-8-10-16-31)23-41-43(42)45(38)37-20-27(2)28(3)21-39(37)47(41)49-6/h8-25,46H,1-7H3. The highest BCUT2D eigenvalue weighted by Gasteiger charge is 2.43. The molecule has 2 aliphatic heterocycles. The second-order valence-corrected chi connectivity index (χ2v) is 15.0. The van der Waals surface area contributed by atoms with Gasteiger partial charge in [0.15, 0.2) is 7.28 Å². The molecule has 1 N–H and O–H groups in total. The van der Waals surface area contributed by atoms with Gasteiger partial charge in [-0.25, -0.2) is 0 Å². The summed E-state index contributed by atoms with van der Waals surface area (Å²) in [6, 6.07) is 40.3. The molecule has 0 amide bonds. The summed E-state index contributed by atoms with van der Waals surface area (Å²) in [6.45, 7) is 11.3. The van der Waals surface area contributed by atoms with Crippen molar-refractivity contribution in [1.29, 1.82) is 0 Å². The molecule has 0 atom stereocenters. The summed E-state index contributed by atoms with van der Waals surface area (Å²) in [4.78, 5) is 0. The monoisotopic (exact) mass is 684 g/mol. The van der Waals surface area contributed by atoms with E-state index in [1.165, 1.54) is 89.0 Å². The van der Waals surface area contributed by atoms with E-state index in [1.807, 2.05) is 0 Å². The number of rotatable bonds is 7. The highest BCUT2D eigenvalue weighted by Crippen LogP contribution is 2.44. The molecular weight excluding hydrogens is 644 g/mol. The van der Waals surface area contributed by atoms with Crippen molar-refractivity contribution in [2.75, 3.05) is 26.4 Å². The van der Waals surface area contributed by atoms with Crippen LogP contribution in [0, 0.1) is 34.6 Å². The van der Waals surface area contributed by atoms with Crippen molar-refractivity contribution in [3.63, 3.8) is 0 Å². The van der Waals surface area contributed by atoms with E-state index >= 15 is 0 Å². The molecule has 245 valence electrons. The van der Waals surface area contributed by atoms with Gasteiger partial charge in [0, 0.05) is 35.3 Å². The van der Waals surface area contributed by atoms with Gasteiger partial charge in [-0.2, -0.15) is 0 Å². The molecule has 2 heterocycles. The third-order valence-electron chi connectivity index (χ3n) is 10.5. The molecule has 0 spiro atoms. The van der Waals surface area contributed by atoms with Crippen LogP contribution in [0.1, 0.15) is 27.8 Å². The molecule has 8 rings (SSSR count). The zero-order chi connectivity index (χ0) is 34.7. The van der Waals surface area contributed by atoms with Gasteiger partial charge in [0.25, 0.3) is 6.71 Å². The van der Waals surface area contributed by atoms with Gasteiger partial charge in [-0.05, 0) is 145 Å². The molecule has 3 nitrogen and oxygen atoms in total. The van der Waals surface area contributed by atoms with E-state index in [2.05, 4.69) is 178 Å². The first-order valence-corrected chi connectivity index (χ1v) is 19.6. The summed E-state index contributed by atoms with van der Waals surface area (Å²) in [7, 11) is 2.40. The Hall–Kier alpha value is -4.45. The number of hydrogen-bond acceptors (Lipinski definition) is 5. The average molecular weight is 685 g/mol. The predicted octanol–water partition coefficient (Wildman–Crippen LogP) is 8.27. The maximum absolute atomic E-state index is 3.72. The van der Waals surface area contributed by atoms with Crippen LogP contribution in [0.4, 0.5) is 34.1 Å². The minimum atomic E-state index is 0.106. The van der Waals surface area contributed by atoms with Gasteiger partial charge in [-0.1, -0.05) is 89.3 Å². The SMILES string of the molecule is CSN1c2cc(C)c(C)cc2B2c3cc([B]c4cccc(-c5ccccc5C)c4C)c(C)cc3N(SC)c3cc(Nc4ccccc4)cc1c32. The summed E-state index contributed by atoms with van der Waals surface area (Å²) >= 11 is 3.56. The van der Waals surface area contributed by atoms with Crippen LogP contribution in [0.2, 0.25) is 0 Å². The molecule has 50 heavy (non-hydrogen) atoms. The topological polar surface area (TPSA) is 18.5 Å². The minimum absolute atomic E-state index is 0.106. The van der Waals surface area contributed by atoms with Crippen molar-refractivity contribution in [1.82, 2.24) is 0 Å². The maximum Gasteiger partial charge on any atom is 0.252 e. The predicted molar refractivity (Wildman–Crippen MR) is 226 cm³/mol. The highest BCUT2D eigenvalue weighted by molar-refractivity contribution is 8.00. The number of aryl methyl sites for hydroxylation is 4. The van der Waals surface area contributed by atoms with Gasteiger partial charge in [-0.15, -0.1) is 0 Å². The fourth-order valence-electron chi connectivity index (χ4n) is 7.81. The number of nitrogens with zero attached hydrogens (tertiary/aromatic N) is 2. The Balaban J connectivity index is 1.31. The summed E-state index contributed by atoms with van der Waals surface area (Å²) < 4.78 is 4.89. The zero-order valence-corrected chi connectivity index (χ0v) is 31.4. The number of hydrogen-bond donors (Lipinski definition) is 1. The Morgan fingerprint density at radius 1 is 0.520 bits per heavy atom. The van der Waals surface area contributed by atoms with Gasteiger partial charge in [0.2, 0.25) is 0 Å². The fourth-order valence-corrected chi connectivity index (χ4v) is 9.22.